The Kier molecular flexibility index (Phi) is 15.4. The summed E-state index contributed by atoms with van der Waals surface area (Å²) in [6.07, 6.45) is 3.67. The van der Waals surface area contributed by atoms with Gasteiger partial charge in [0.1, 0.15) is 19.3 Å². The van der Waals surface area contributed by atoms with E-state index >= 15 is 0 Å². The molecule has 10 nitrogen and oxygen atoms in total. The molecule has 1 rings (SSSR count). The first-order valence-corrected chi connectivity index (χ1v) is 13.8. The first-order valence-electron chi connectivity index (χ1n) is 13.8. The average molecular weight is 547 g/mol. The summed E-state index contributed by atoms with van der Waals surface area (Å²) in [5.41, 5.74) is -4.42. The molecule has 0 amide bonds. The van der Waals surface area contributed by atoms with E-state index in [1.807, 2.05) is 6.92 Å². The second-order valence-corrected chi connectivity index (χ2v) is 10.7. The SMILES string of the molecule is CCCCCCOC(=O)C(C)(C)C(C)(C(=O)OCCOCCOCCOCC)C(C)(C)C(=O)OCC1CO1. The predicted molar refractivity (Wildman–Crippen MR) is 141 cm³/mol. The number of esters is 3. The summed E-state index contributed by atoms with van der Waals surface area (Å²) in [7, 11) is 0. The number of unbranched alkanes of at least 4 members (excludes halogenated alkanes) is 3. The number of hydrogen-bond acceptors (Lipinski definition) is 10. The Bertz CT molecular complexity index is 716. The maximum absolute atomic E-state index is 13.6. The van der Waals surface area contributed by atoms with E-state index in [4.69, 9.17) is 33.2 Å². The zero-order chi connectivity index (χ0) is 28.7. The molecule has 0 saturated carbocycles. The molecule has 0 aromatic rings. The van der Waals surface area contributed by atoms with Crippen LogP contribution in [0.15, 0.2) is 0 Å². The zero-order valence-corrected chi connectivity index (χ0v) is 24.6. The fourth-order valence-corrected chi connectivity index (χ4v) is 4.01. The van der Waals surface area contributed by atoms with Crippen molar-refractivity contribution < 1.29 is 47.5 Å². The third kappa shape index (κ3) is 10.1. The van der Waals surface area contributed by atoms with Crippen molar-refractivity contribution >= 4 is 17.9 Å². The number of ether oxygens (including phenoxy) is 7. The van der Waals surface area contributed by atoms with Gasteiger partial charge in [0.2, 0.25) is 0 Å². The van der Waals surface area contributed by atoms with Crippen LogP contribution in [0.5, 0.6) is 0 Å². The summed E-state index contributed by atoms with van der Waals surface area (Å²) < 4.78 is 37.8. The number of epoxide rings is 1. The molecule has 0 aliphatic carbocycles. The van der Waals surface area contributed by atoms with Gasteiger partial charge in [0, 0.05) is 6.61 Å². The van der Waals surface area contributed by atoms with Gasteiger partial charge in [0.15, 0.2) is 0 Å². The third-order valence-corrected chi connectivity index (χ3v) is 7.37. The van der Waals surface area contributed by atoms with Crippen LogP contribution in [0.2, 0.25) is 0 Å². The van der Waals surface area contributed by atoms with Crippen LogP contribution < -0.4 is 0 Å². The van der Waals surface area contributed by atoms with E-state index in [9.17, 15) is 14.4 Å². The van der Waals surface area contributed by atoms with Crippen molar-refractivity contribution in [2.75, 3.05) is 66.1 Å². The van der Waals surface area contributed by atoms with Crippen LogP contribution >= 0.6 is 0 Å². The Morgan fingerprint density at radius 1 is 0.658 bits per heavy atom. The summed E-state index contributed by atoms with van der Waals surface area (Å²) in [5, 5.41) is 0. The smallest absolute Gasteiger partial charge is 0.314 e. The fourth-order valence-electron chi connectivity index (χ4n) is 4.01. The molecule has 0 aromatic carbocycles. The molecular weight excluding hydrogens is 496 g/mol. The normalized spacial score (nSPS) is 17.0. The van der Waals surface area contributed by atoms with Crippen molar-refractivity contribution in [1.29, 1.82) is 0 Å². The Hall–Kier alpha value is -1.75. The minimum absolute atomic E-state index is 0.0451. The highest BCUT2D eigenvalue weighted by Crippen LogP contribution is 2.54. The van der Waals surface area contributed by atoms with Gasteiger partial charge in [0.05, 0.1) is 62.5 Å². The Balaban J connectivity index is 2.83. The van der Waals surface area contributed by atoms with Gasteiger partial charge >= 0.3 is 17.9 Å². The molecule has 1 saturated heterocycles. The highest BCUT2D eigenvalue weighted by molar-refractivity contribution is 5.93. The van der Waals surface area contributed by atoms with Gasteiger partial charge in [-0.25, -0.2) is 0 Å². The Morgan fingerprint density at radius 2 is 1.16 bits per heavy atom. The lowest BCUT2D eigenvalue weighted by Crippen LogP contribution is -2.59. The summed E-state index contributed by atoms with van der Waals surface area (Å²) in [6.45, 7) is 15.3. The fraction of sp³-hybridized carbons (Fsp3) is 0.893. The predicted octanol–water partition coefficient (Wildman–Crippen LogP) is 3.72. The lowest BCUT2D eigenvalue weighted by atomic mass is 9.53. The Labute approximate surface area is 228 Å². The van der Waals surface area contributed by atoms with E-state index in [-0.39, 0.29) is 32.5 Å². The molecule has 10 heteroatoms. The van der Waals surface area contributed by atoms with Crippen LogP contribution in [0.3, 0.4) is 0 Å². The second-order valence-electron chi connectivity index (χ2n) is 10.7. The van der Waals surface area contributed by atoms with Crippen molar-refractivity contribution in [3.63, 3.8) is 0 Å². The minimum Gasteiger partial charge on any atom is -0.465 e. The summed E-state index contributed by atoms with van der Waals surface area (Å²) >= 11 is 0. The van der Waals surface area contributed by atoms with E-state index in [0.717, 1.165) is 25.7 Å². The quantitative estimate of drug-likeness (QED) is 0.0860. The van der Waals surface area contributed by atoms with Gasteiger partial charge in [0.25, 0.3) is 0 Å². The van der Waals surface area contributed by atoms with Crippen LogP contribution in [0.4, 0.5) is 0 Å². The van der Waals surface area contributed by atoms with E-state index in [2.05, 4.69) is 6.92 Å². The van der Waals surface area contributed by atoms with E-state index in [1.165, 1.54) is 0 Å². The molecule has 0 spiro atoms. The monoisotopic (exact) mass is 546 g/mol. The van der Waals surface area contributed by atoms with Gasteiger partial charge in [-0.3, -0.25) is 14.4 Å². The third-order valence-electron chi connectivity index (χ3n) is 7.37. The van der Waals surface area contributed by atoms with E-state index in [0.29, 0.717) is 39.6 Å². The molecule has 0 N–H and O–H groups in total. The van der Waals surface area contributed by atoms with Crippen LogP contribution in [0.1, 0.15) is 74.1 Å². The first-order chi connectivity index (χ1) is 18.0. The summed E-state index contributed by atoms with van der Waals surface area (Å²) in [6, 6.07) is 0. The summed E-state index contributed by atoms with van der Waals surface area (Å²) in [4.78, 5) is 40.1. The molecule has 2 atom stereocenters. The number of hydrogen-bond donors (Lipinski definition) is 0. The maximum atomic E-state index is 13.6. The van der Waals surface area contributed by atoms with Crippen LogP contribution in [0, 0.1) is 16.2 Å². The molecule has 0 radical (unpaired) electrons. The highest BCUT2D eigenvalue weighted by Gasteiger charge is 2.65. The molecule has 1 heterocycles. The van der Waals surface area contributed by atoms with Crippen molar-refractivity contribution in [2.45, 2.75) is 80.3 Å². The van der Waals surface area contributed by atoms with Gasteiger partial charge in [-0.1, -0.05) is 26.2 Å². The number of carbonyl (C=O) groups is 3. The topological polar surface area (TPSA) is 119 Å². The number of carbonyl (C=O) groups excluding carboxylic acids is 3. The maximum Gasteiger partial charge on any atom is 0.314 e. The van der Waals surface area contributed by atoms with Gasteiger partial charge in [-0.2, -0.15) is 0 Å². The first kappa shape index (κ1) is 34.3. The van der Waals surface area contributed by atoms with Crippen molar-refractivity contribution in [3.8, 4) is 0 Å². The molecule has 1 aliphatic rings. The molecular formula is C28H50O10. The lowest BCUT2D eigenvalue weighted by molar-refractivity contribution is -0.198. The van der Waals surface area contributed by atoms with E-state index in [1.54, 1.807) is 34.6 Å². The van der Waals surface area contributed by atoms with Crippen molar-refractivity contribution in [3.05, 3.63) is 0 Å². The second kappa shape index (κ2) is 17.0. The lowest BCUT2D eigenvalue weighted by Gasteiger charge is -2.48. The molecule has 0 aromatic heterocycles. The standard InChI is InChI=1S/C28H50O10/c1-8-10-11-12-13-35-23(29)26(3,4)28(7,27(5,6)24(30)38-21-22-20-37-22)25(31)36-19-18-34-17-16-33-15-14-32-9-2/h22H,8-21H2,1-7H3. The van der Waals surface area contributed by atoms with Gasteiger partial charge < -0.3 is 33.2 Å². The molecule has 0 bridgehead atoms. The largest absolute Gasteiger partial charge is 0.465 e. The minimum atomic E-state index is -1.61. The molecule has 1 fully saturated rings. The van der Waals surface area contributed by atoms with Gasteiger partial charge in [-0.05, 0) is 48.0 Å². The Morgan fingerprint density at radius 3 is 1.68 bits per heavy atom. The molecule has 2 unspecified atom stereocenters. The van der Waals surface area contributed by atoms with Crippen molar-refractivity contribution in [2.24, 2.45) is 16.2 Å². The highest BCUT2D eigenvalue weighted by atomic mass is 16.6. The van der Waals surface area contributed by atoms with Crippen LogP contribution in [-0.2, 0) is 47.5 Å². The van der Waals surface area contributed by atoms with Crippen molar-refractivity contribution in [1.82, 2.24) is 0 Å². The van der Waals surface area contributed by atoms with Gasteiger partial charge in [-0.15, -0.1) is 0 Å². The summed E-state index contributed by atoms with van der Waals surface area (Å²) in [5.74, 6) is -1.89. The molecule has 1 aliphatic heterocycles. The molecule has 222 valence electrons. The number of rotatable bonds is 22. The zero-order valence-electron chi connectivity index (χ0n) is 24.6. The average Bonchev–Trinajstić information content (AvgIpc) is 3.71. The van der Waals surface area contributed by atoms with E-state index < -0.39 is 34.2 Å². The van der Waals surface area contributed by atoms with Crippen LogP contribution in [-0.4, -0.2) is 90.1 Å². The molecule has 38 heavy (non-hydrogen) atoms. The van der Waals surface area contributed by atoms with Crippen LogP contribution in [0.25, 0.3) is 0 Å².